The lowest BCUT2D eigenvalue weighted by atomic mass is 10.0. The molecule has 0 saturated carbocycles. The number of ether oxygens (including phenoxy) is 2. The minimum Gasteiger partial charge on any atom is -0.462 e. The number of carbonyl (C=O) groups excluding carboxylic acids is 2. The van der Waals surface area contributed by atoms with Crippen LogP contribution in [-0.4, -0.2) is 36.4 Å². The molecule has 0 heterocycles. The van der Waals surface area contributed by atoms with Gasteiger partial charge in [-0.05, 0) is 12.8 Å². The molecule has 0 saturated heterocycles. The fourth-order valence-electron chi connectivity index (χ4n) is 10.2. The molecule has 0 aromatic rings. The van der Waals surface area contributed by atoms with Crippen molar-refractivity contribution < 1.29 is 24.2 Å². The first kappa shape index (κ1) is 66.9. The van der Waals surface area contributed by atoms with Gasteiger partial charge in [-0.1, -0.05) is 348 Å². The molecule has 0 fully saturated rings. The molecule has 0 aliphatic rings. The summed E-state index contributed by atoms with van der Waals surface area (Å²) in [5.41, 5.74) is 0. The molecule has 0 aliphatic heterocycles. The predicted octanol–water partition coefficient (Wildman–Crippen LogP) is 21.3. The van der Waals surface area contributed by atoms with Crippen molar-refractivity contribution in [2.24, 2.45) is 0 Å². The number of hydrogen-bond acceptors (Lipinski definition) is 5. The first-order chi connectivity index (χ1) is 33.6. The van der Waals surface area contributed by atoms with Crippen LogP contribution < -0.4 is 0 Å². The highest BCUT2D eigenvalue weighted by molar-refractivity contribution is 5.70. The Kier molecular flexibility index (Phi) is 59.2. The fraction of sp³-hybridized carbons (Fsp3) is 0.968. The number of unbranched alkanes of at least 4 members (excludes halogenated alkanes) is 52. The van der Waals surface area contributed by atoms with Crippen molar-refractivity contribution in [2.45, 2.75) is 380 Å². The van der Waals surface area contributed by atoms with Gasteiger partial charge in [0, 0.05) is 12.8 Å². The van der Waals surface area contributed by atoms with Gasteiger partial charge in [0.1, 0.15) is 6.61 Å². The summed E-state index contributed by atoms with van der Waals surface area (Å²) >= 11 is 0. The first-order valence-electron chi connectivity index (χ1n) is 31.6. The summed E-state index contributed by atoms with van der Waals surface area (Å²) in [7, 11) is 0. The smallest absolute Gasteiger partial charge is 0.306 e. The largest absolute Gasteiger partial charge is 0.462 e. The third-order valence-corrected chi connectivity index (χ3v) is 14.9. The van der Waals surface area contributed by atoms with Crippen LogP contribution in [0.4, 0.5) is 0 Å². The van der Waals surface area contributed by atoms with E-state index < -0.39 is 6.10 Å². The predicted molar refractivity (Wildman–Crippen MR) is 298 cm³/mol. The number of carbonyl (C=O) groups is 2. The zero-order valence-electron chi connectivity index (χ0n) is 46.7. The van der Waals surface area contributed by atoms with Crippen LogP contribution in [0.2, 0.25) is 0 Å². The van der Waals surface area contributed by atoms with Crippen molar-refractivity contribution in [2.75, 3.05) is 13.2 Å². The molecular weight excluding hydrogens is 837 g/mol. The first-order valence-corrected chi connectivity index (χ1v) is 31.6. The van der Waals surface area contributed by atoms with E-state index in [1.807, 2.05) is 0 Å². The Bertz CT molecular complexity index is 952. The maximum Gasteiger partial charge on any atom is 0.306 e. The van der Waals surface area contributed by atoms with Gasteiger partial charge in [0.15, 0.2) is 6.10 Å². The highest BCUT2D eigenvalue weighted by Gasteiger charge is 2.16. The van der Waals surface area contributed by atoms with Crippen LogP contribution in [0, 0.1) is 0 Å². The molecule has 5 heteroatoms. The second-order valence-electron chi connectivity index (χ2n) is 21.9. The van der Waals surface area contributed by atoms with Gasteiger partial charge in [0.25, 0.3) is 0 Å². The van der Waals surface area contributed by atoms with E-state index in [1.54, 1.807) is 0 Å². The lowest BCUT2D eigenvalue weighted by Gasteiger charge is -2.15. The molecule has 1 unspecified atom stereocenters. The number of aliphatic hydroxyl groups excluding tert-OH is 1. The molecule has 0 amide bonds. The Labute approximate surface area is 427 Å². The molecule has 0 aromatic heterocycles. The normalized spacial score (nSPS) is 12.0. The summed E-state index contributed by atoms with van der Waals surface area (Å²) < 4.78 is 10.7. The molecule has 68 heavy (non-hydrogen) atoms. The molecule has 0 bridgehead atoms. The highest BCUT2D eigenvalue weighted by atomic mass is 16.6. The van der Waals surface area contributed by atoms with Crippen LogP contribution in [0.25, 0.3) is 0 Å². The van der Waals surface area contributed by atoms with Crippen molar-refractivity contribution in [3.63, 3.8) is 0 Å². The van der Waals surface area contributed by atoms with Crippen LogP contribution >= 0.6 is 0 Å². The van der Waals surface area contributed by atoms with Gasteiger partial charge in [-0.2, -0.15) is 0 Å². The third-order valence-electron chi connectivity index (χ3n) is 14.9. The molecule has 1 N–H and O–H groups in total. The molecular formula is C63H124O5. The summed E-state index contributed by atoms with van der Waals surface area (Å²) in [5, 5.41) is 9.64. The van der Waals surface area contributed by atoms with Gasteiger partial charge < -0.3 is 14.6 Å². The Balaban J connectivity index is 3.31. The Morgan fingerprint density at radius 3 is 0.647 bits per heavy atom. The molecule has 0 aliphatic carbocycles. The van der Waals surface area contributed by atoms with E-state index in [1.165, 1.54) is 315 Å². The van der Waals surface area contributed by atoms with Crippen LogP contribution in [0.5, 0.6) is 0 Å². The van der Waals surface area contributed by atoms with Crippen LogP contribution in [0.15, 0.2) is 0 Å². The molecule has 406 valence electrons. The zero-order valence-corrected chi connectivity index (χ0v) is 46.7. The lowest BCUT2D eigenvalue weighted by Crippen LogP contribution is -2.28. The molecule has 0 radical (unpaired) electrons. The van der Waals surface area contributed by atoms with Gasteiger partial charge in [0.05, 0.1) is 6.61 Å². The van der Waals surface area contributed by atoms with E-state index in [4.69, 9.17) is 9.47 Å². The minimum atomic E-state index is -0.764. The van der Waals surface area contributed by atoms with Gasteiger partial charge in [0.2, 0.25) is 0 Å². The number of aliphatic hydroxyl groups is 1. The second-order valence-corrected chi connectivity index (χ2v) is 21.9. The summed E-state index contributed by atoms with van der Waals surface area (Å²) in [6.07, 6.45) is 74.2. The van der Waals surface area contributed by atoms with E-state index in [0.29, 0.717) is 12.8 Å². The van der Waals surface area contributed by atoms with Crippen molar-refractivity contribution in [1.82, 2.24) is 0 Å². The topological polar surface area (TPSA) is 72.8 Å². The third kappa shape index (κ3) is 57.5. The second kappa shape index (κ2) is 60.2. The number of hydrogen-bond donors (Lipinski definition) is 1. The Hall–Kier alpha value is -1.10. The average Bonchev–Trinajstić information content (AvgIpc) is 3.34. The van der Waals surface area contributed by atoms with Crippen LogP contribution in [0.1, 0.15) is 373 Å². The molecule has 5 nitrogen and oxygen atoms in total. The van der Waals surface area contributed by atoms with Crippen LogP contribution in [-0.2, 0) is 19.1 Å². The maximum atomic E-state index is 12.3. The zero-order chi connectivity index (χ0) is 49.2. The standard InChI is InChI=1S/C63H124O5/c1-3-5-7-9-11-13-15-17-19-20-21-22-23-24-25-26-27-28-29-30-31-32-33-34-35-36-37-38-39-40-41-42-43-44-46-48-50-52-54-56-58-63(66)68-61(59-64)60-67-62(65)57-55-53-51-49-47-45-18-16-14-12-10-8-6-4-2/h61,64H,3-60H2,1-2H3. The highest BCUT2D eigenvalue weighted by Crippen LogP contribution is 2.19. The van der Waals surface area contributed by atoms with Crippen molar-refractivity contribution in [1.29, 1.82) is 0 Å². The summed E-state index contributed by atoms with van der Waals surface area (Å²) in [6.45, 7) is 4.20. The molecule has 0 spiro atoms. The van der Waals surface area contributed by atoms with E-state index in [2.05, 4.69) is 13.8 Å². The molecule has 0 rings (SSSR count). The van der Waals surface area contributed by atoms with Gasteiger partial charge in [-0.25, -0.2) is 0 Å². The van der Waals surface area contributed by atoms with Gasteiger partial charge in [-0.3, -0.25) is 9.59 Å². The Morgan fingerprint density at radius 2 is 0.456 bits per heavy atom. The minimum absolute atomic E-state index is 0.0561. The van der Waals surface area contributed by atoms with Crippen molar-refractivity contribution >= 4 is 11.9 Å². The average molecular weight is 962 g/mol. The number of esters is 2. The fourth-order valence-corrected chi connectivity index (χ4v) is 10.2. The number of rotatable bonds is 60. The summed E-state index contributed by atoms with van der Waals surface area (Å²) in [4.78, 5) is 24.5. The van der Waals surface area contributed by atoms with E-state index in [0.717, 1.165) is 32.1 Å². The van der Waals surface area contributed by atoms with Crippen molar-refractivity contribution in [3.8, 4) is 0 Å². The molecule has 0 aromatic carbocycles. The maximum absolute atomic E-state index is 12.3. The molecule has 1 atom stereocenters. The SMILES string of the molecule is CCCCCCCCCCCCCCCCCCCCCCCCCCCCCCCCCCCCCCCCCCC(=O)OC(CO)COC(=O)CCCCCCCCCCCCCCCC. The summed E-state index contributed by atoms with van der Waals surface area (Å²) in [6, 6.07) is 0. The van der Waals surface area contributed by atoms with Crippen molar-refractivity contribution in [3.05, 3.63) is 0 Å². The van der Waals surface area contributed by atoms with E-state index in [9.17, 15) is 14.7 Å². The van der Waals surface area contributed by atoms with Crippen LogP contribution in [0.3, 0.4) is 0 Å². The Morgan fingerprint density at radius 1 is 0.279 bits per heavy atom. The van der Waals surface area contributed by atoms with E-state index >= 15 is 0 Å². The van der Waals surface area contributed by atoms with Gasteiger partial charge >= 0.3 is 11.9 Å². The monoisotopic (exact) mass is 961 g/mol. The quantitative estimate of drug-likeness (QED) is 0.0486. The van der Waals surface area contributed by atoms with Gasteiger partial charge in [-0.15, -0.1) is 0 Å². The lowest BCUT2D eigenvalue weighted by molar-refractivity contribution is -0.161. The summed E-state index contributed by atoms with van der Waals surface area (Å²) in [5.74, 6) is -0.565. The van der Waals surface area contributed by atoms with E-state index in [-0.39, 0.29) is 25.2 Å².